The van der Waals surface area contributed by atoms with Crippen molar-refractivity contribution in [3.05, 3.63) is 34.3 Å². The van der Waals surface area contributed by atoms with E-state index in [0.717, 1.165) is 4.47 Å². The van der Waals surface area contributed by atoms with Crippen molar-refractivity contribution in [1.82, 2.24) is 14.8 Å². The number of nitrogens with zero attached hydrogens (tertiary/aromatic N) is 4. The third-order valence-electron chi connectivity index (χ3n) is 2.76. The highest BCUT2D eigenvalue weighted by molar-refractivity contribution is 9.10. The lowest BCUT2D eigenvalue weighted by molar-refractivity contribution is 0.198. The molecular formula is C14H16BrClN4O2. The summed E-state index contributed by atoms with van der Waals surface area (Å²) < 4.78 is 2.30. The van der Waals surface area contributed by atoms with Crippen LogP contribution in [0.25, 0.3) is 5.69 Å². The van der Waals surface area contributed by atoms with Crippen LogP contribution in [0.4, 0.5) is 10.5 Å². The molecule has 2 aromatic rings. The van der Waals surface area contributed by atoms with E-state index in [4.69, 9.17) is 11.6 Å². The lowest BCUT2D eigenvalue weighted by Gasteiger charge is -2.26. The monoisotopic (exact) mass is 386 g/mol. The van der Waals surface area contributed by atoms with E-state index >= 15 is 0 Å². The van der Waals surface area contributed by atoms with Crippen molar-refractivity contribution >= 4 is 39.3 Å². The summed E-state index contributed by atoms with van der Waals surface area (Å²) in [6.07, 6.45) is 3.79. The Labute approximate surface area is 141 Å². The normalized spacial score (nSPS) is 11.5. The van der Waals surface area contributed by atoms with Gasteiger partial charge in [-0.15, -0.1) is 0 Å². The molecule has 2 aromatic heterocycles. The molecule has 0 aliphatic carbocycles. The van der Waals surface area contributed by atoms with E-state index in [9.17, 15) is 9.90 Å². The first-order valence-corrected chi connectivity index (χ1v) is 7.71. The zero-order valence-electron chi connectivity index (χ0n) is 12.4. The van der Waals surface area contributed by atoms with Crippen LogP contribution in [0.2, 0.25) is 5.15 Å². The molecule has 0 aliphatic rings. The highest BCUT2D eigenvalue weighted by Crippen LogP contribution is 2.29. The van der Waals surface area contributed by atoms with Crippen LogP contribution >= 0.6 is 27.5 Å². The second kappa shape index (κ2) is 6.26. The predicted molar refractivity (Wildman–Crippen MR) is 88.9 cm³/mol. The van der Waals surface area contributed by atoms with Gasteiger partial charge in [0.1, 0.15) is 5.69 Å². The number of pyridine rings is 1. The van der Waals surface area contributed by atoms with Crippen LogP contribution in [0.15, 0.2) is 29.1 Å². The zero-order valence-corrected chi connectivity index (χ0v) is 14.8. The minimum Gasteiger partial charge on any atom is -0.465 e. The third-order valence-corrected chi connectivity index (χ3v) is 3.46. The predicted octanol–water partition coefficient (Wildman–Crippen LogP) is 4.21. The van der Waals surface area contributed by atoms with Crippen molar-refractivity contribution < 1.29 is 9.90 Å². The molecule has 0 fully saturated rings. The maximum absolute atomic E-state index is 11.5. The summed E-state index contributed by atoms with van der Waals surface area (Å²) in [4.78, 5) is 16.8. The first-order chi connectivity index (χ1) is 10.2. The molecule has 8 heteroatoms. The number of rotatable bonds is 3. The van der Waals surface area contributed by atoms with E-state index in [1.54, 1.807) is 18.6 Å². The molecule has 0 saturated carbocycles. The van der Waals surface area contributed by atoms with Gasteiger partial charge >= 0.3 is 6.09 Å². The quantitative estimate of drug-likeness (QED) is 0.856. The molecule has 2 heterocycles. The molecule has 6 nitrogen and oxygen atoms in total. The summed E-state index contributed by atoms with van der Waals surface area (Å²) >= 11 is 9.47. The van der Waals surface area contributed by atoms with Gasteiger partial charge in [0.25, 0.3) is 0 Å². The number of hydrogen-bond acceptors (Lipinski definition) is 3. The van der Waals surface area contributed by atoms with E-state index < -0.39 is 6.09 Å². The van der Waals surface area contributed by atoms with Gasteiger partial charge in [-0.05, 0) is 27.4 Å². The Bertz CT molecular complexity index is 696. The van der Waals surface area contributed by atoms with Gasteiger partial charge < -0.3 is 5.11 Å². The van der Waals surface area contributed by atoms with Gasteiger partial charge in [-0.2, -0.15) is 5.10 Å². The summed E-state index contributed by atoms with van der Waals surface area (Å²) in [6, 6.07) is 1.81. The van der Waals surface area contributed by atoms with Crippen molar-refractivity contribution in [2.75, 3.05) is 11.4 Å². The number of amides is 1. The van der Waals surface area contributed by atoms with Crippen molar-refractivity contribution in [3.8, 4) is 5.69 Å². The first-order valence-electron chi connectivity index (χ1n) is 6.54. The zero-order chi connectivity index (χ0) is 16.5. The van der Waals surface area contributed by atoms with Crippen LogP contribution in [0.1, 0.15) is 20.8 Å². The van der Waals surface area contributed by atoms with Crippen molar-refractivity contribution in [2.45, 2.75) is 20.8 Å². The standard InChI is InChI=1S/C14H16BrClN4O2/c1-14(2,3)8-19(13(21)22)11-7-20(18-12(11)16)10-4-9(15)5-17-6-10/h4-7H,8H2,1-3H3,(H,21,22). The molecule has 0 unspecified atom stereocenters. The number of carboxylic acid groups (broad SMARTS) is 1. The summed E-state index contributed by atoms with van der Waals surface area (Å²) in [5.41, 5.74) is 0.828. The lowest BCUT2D eigenvalue weighted by atomic mass is 9.96. The largest absolute Gasteiger partial charge is 0.465 e. The molecule has 0 aliphatic heterocycles. The fourth-order valence-corrected chi connectivity index (χ4v) is 2.50. The molecule has 1 amide bonds. The Balaban J connectivity index is 2.41. The molecule has 0 spiro atoms. The van der Waals surface area contributed by atoms with Gasteiger partial charge in [-0.3, -0.25) is 9.88 Å². The highest BCUT2D eigenvalue weighted by atomic mass is 79.9. The van der Waals surface area contributed by atoms with Gasteiger partial charge in [-0.1, -0.05) is 32.4 Å². The number of carbonyl (C=O) groups is 1. The topological polar surface area (TPSA) is 71.2 Å². The SMILES string of the molecule is CC(C)(C)CN(C(=O)O)c1cn(-c2cncc(Br)c2)nc1Cl. The second-order valence-corrected chi connectivity index (χ2v) is 7.31. The van der Waals surface area contributed by atoms with E-state index in [1.807, 2.05) is 26.8 Å². The molecule has 2 rings (SSSR count). The Morgan fingerprint density at radius 3 is 2.68 bits per heavy atom. The van der Waals surface area contributed by atoms with Crippen LogP contribution in [-0.2, 0) is 0 Å². The maximum Gasteiger partial charge on any atom is 0.411 e. The smallest absolute Gasteiger partial charge is 0.411 e. The Hall–Kier alpha value is -1.60. The Kier molecular flexibility index (Phi) is 4.77. The number of halogens is 2. The van der Waals surface area contributed by atoms with Gasteiger partial charge in [0.2, 0.25) is 0 Å². The fraction of sp³-hybridized carbons (Fsp3) is 0.357. The summed E-state index contributed by atoms with van der Waals surface area (Å²) in [7, 11) is 0. The maximum atomic E-state index is 11.5. The summed E-state index contributed by atoms with van der Waals surface area (Å²) in [5, 5.41) is 13.8. The van der Waals surface area contributed by atoms with Crippen molar-refractivity contribution in [2.24, 2.45) is 5.41 Å². The summed E-state index contributed by atoms with van der Waals surface area (Å²) in [6.45, 7) is 6.18. The van der Waals surface area contributed by atoms with Crippen LogP contribution in [0.5, 0.6) is 0 Å². The molecule has 0 saturated heterocycles. The molecule has 22 heavy (non-hydrogen) atoms. The van der Waals surface area contributed by atoms with Gasteiger partial charge in [0.15, 0.2) is 5.15 Å². The minimum absolute atomic E-state index is 0.131. The minimum atomic E-state index is -1.07. The lowest BCUT2D eigenvalue weighted by Crippen LogP contribution is -2.36. The van der Waals surface area contributed by atoms with E-state index in [2.05, 4.69) is 26.0 Å². The molecule has 0 bridgehead atoms. The average molecular weight is 388 g/mol. The third kappa shape index (κ3) is 3.98. The van der Waals surface area contributed by atoms with Gasteiger partial charge in [0, 0.05) is 17.2 Å². The first kappa shape index (κ1) is 16.8. The number of aromatic nitrogens is 3. The fourth-order valence-electron chi connectivity index (χ4n) is 1.91. The molecule has 118 valence electrons. The van der Waals surface area contributed by atoms with Gasteiger partial charge in [0.05, 0.1) is 18.1 Å². The van der Waals surface area contributed by atoms with Gasteiger partial charge in [-0.25, -0.2) is 9.48 Å². The van der Waals surface area contributed by atoms with Crippen LogP contribution < -0.4 is 4.90 Å². The number of hydrogen-bond donors (Lipinski definition) is 1. The molecular weight excluding hydrogens is 372 g/mol. The van der Waals surface area contributed by atoms with Crippen LogP contribution in [0.3, 0.4) is 0 Å². The van der Waals surface area contributed by atoms with Crippen molar-refractivity contribution in [1.29, 1.82) is 0 Å². The summed E-state index contributed by atoms with van der Waals surface area (Å²) in [5.74, 6) is 0. The van der Waals surface area contributed by atoms with Crippen LogP contribution in [-0.4, -0.2) is 32.5 Å². The molecule has 1 N–H and O–H groups in total. The number of anilines is 1. The second-order valence-electron chi connectivity index (χ2n) is 6.04. The molecule has 0 atom stereocenters. The van der Waals surface area contributed by atoms with Crippen molar-refractivity contribution in [3.63, 3.8) is 0 Å². The molecule has 0 radical (unpaired) electrons. The van der Waals surface area contributed by atoms with E-state index in [-0.39, 0.29) is 10.6 Å². The Morgan fingerprint density at radius 2 is 2.14 bits per heavy atom. The van der Waals surface area contributed by atoms with E-state index in [0.29, 0.717) is 17.9 Å². The molecule has 0 aromatic carbocycles. The Morgan fingerprint density at radius 1 is 1.45 bits per heavy atom. The van der Waals surface area contributed by atoms with E-state index in [1.165, 1.54) is 9.58 Å². The highest BCUT2D eigenvalue weighted by Gasteiger charge is 2.26. The van der Waals surface area contributed by atoms with Crippen LogP contribution in [0, 0.1) is 5.41 Å². The average Bonchev–Trinajstić information content (AvgIpc) is 2.77.